The van der Waals surface area contributed by atoms with Gasteiger partial charge in [-0.1, -0.05) is 60.0 Å². The number of halogens is 1. The van der Waals surface area contributed by atoms with Gasteiger partial charge in [0.05, 0.1) is 17.1 Å². The van der Waals surface area contributed by atoms with Crippen molar-refractivity contribution in [2.45, 2.75) is 98.4 Å². The summed E-state index contributed by atoms with van der Waals surface area (Å²) in [5, 5.41) is 5.79. The molecule has 0 aromatic heterocycles. The maximum atomic E-state index is 14.4. The van der Waals surface area contributed by atoms with Crippen LogP contribution >= 0.6 is 11.6 Å². The van der Waals surface area contributed by atoms with Crippen molar-refractivity contribution >= 4 is 41.1 Å². The van der Waals surface area contributed by atoms with Crippen LogP contribution in [0, 0.1) is 20.8 Å². The lowest BCUT2D eigenvalue weighted by Gasteiger charge is -2.44. The Morgan fingerprint density at radius 1 is 1.00 bits per heavy atom. The molecule has 2 atom stereocenters. The van der Waals surface area contributed by atoms with E-state index in [0.717, 1.165) is 16.7 Å². The van der Waals surface area contributed by atoms with Crippen LogP contribution in [-0.4, -0.2) is 45.9 Å². The van der Waals surface area contributed by atoms with Gasteiger partial charge in [-0.3, -0.25) is 14.4 Å². The van der Waals surface area contributed by atoms with Gasteiger partial charge < -0.3 is 26.0 Å². The fourth-order valence-corrected chi connectivity index (χ4v) is 4.80. The number of rotatable bonds is 10. The Hall–Kier alpha value is -3.59. The average molecular weight is 587 g/mol. The van der Waals surface area contributed by atoms with E-state index in [9.17, 15) is 19.2 Å². The molecule has 2 aromatic rings. The molecule has 0 aliphatic carbocycles. The first-order valence-electron chi connectivity index (χ1n) is 13.6. The molecule has 0 bridgehead atoms. The summed E-state index contributed by atoms with van der Waals surface area (Å²) < 4.78 is 5.35. The topological polar surface area (TPSA) is 131 Å². The van der Waals surface area contributed by atoms with Crippen molar-refractivity contribution in [3.05, 3.63) is 63.7 Å². The number of nitrogens with zero attached hydrogens (tertiary/aromatic N) is 1. The van der Waals surface area contributed by atoms with E-state index < -0.39 is 53.5 Å². The number of primary amides is 1. The number of amides is 4. The Morgan fingerprint density at radius 3 is 2.07 bits per heavy atom. The number of anilines is 1. The van der Waals surface area contributed by atoms with Crippen LogP contribution in [0.2, 0.25) is 5.02 Å². The average Bonchev–Trinajstić information content (AvgIpc) is 2.81. The molecule has 224 valence electrons. The minimum absolute atomic E-state index is 0.350. The van der Waals surface area contributed by atoms with Crippen LogP contribution in [0.1, 0.15) is 82.7 Å². The highest BCUT2D eigenvalue weighted by Crippen LogP contribution is 2.35. The molecule has 0 saturated heterocycles. The Kier molecular flexibility index (Phi) is 11.0. The van der Waals surface area contributed by atoms with Gasteiger partial charge in [0.1, 0.15) is 17.7 Å². The maximum absolute atomic E-state index is 14.4. The van der Waals surface area contributed by atoms with Crippen LogP contribution < -0.4 is 16.4 Å². The summed E-state index contributed by atoms with van der Waals surface area (Å²) in [5.41, 5.74) is 7.28. The lowest BCUT2D eigenvalue weighted by molar-refractivity contribution is -0.148. The maximum Gasteiger partial charge on any atom is 0.408 e. The Labute approximate surface area is 248 Å². The second-order valence-electron chi connectivity index (χ2n) is 12.0. The molecule has 0 radical (unpaired) electrons. The van der Waals surface area contributed by atoms with Crippen molar-refractivity contribution in [2.24, 2.45) is 5.73 Å². The first-order valence-corrected chi connectivity index (χ1v) is 14.0. The molecule has 0 heterocycles. The molecule has 0 aliphatic heterocycles. The molecule has 10 heteroatoms. The van der Waals surface area contributed by atoms with Crippen LogP contribution in [0.4, 0.5) is 10.5 Å². The van der Waals surface area contributed by atoms with Gasteiger partial charge in [-0.05, 0) is 79.0 Å². The summed E-state index contributed by atoms with van der Waals surface area (Å²) in [4.78, 5) is 54.9. The molecule has 9 nitrogen and oxygen atoms in total. The summed E-state index contributed by atoms with van der Waals surface area (Å²) >= 11 is 6.44. The summed E-state index contributed by atoms with van der Waals surface area (Å²) in [6.45, 7) is 16.2. The van der Waals surface area contributed by atoms with Crippen LogP contribution in [0.25, 0.3) is 0 Å². The third-order valence-electron chi connectivity index (χ3n) is 6.69. The number of benzene rings is 2. The van der Waals surface area contributed by atoms with Crippen molar-refractivity contribution in [1.82, 2.24) is 10.2 Å². The monoisotopic (exact) mass is 586 g/mol. The van der Waals surface area contributed by atoms with Gasteiger partial charge in [0.25, 0.3) is 5.91 Å². The molecule has 2 rings (SSSR count). The van der Waals surface area contributed by atoms with Crippen LogP contribution in [0.5, 0.6) is 0 Å². The number of nitrogens with two attached hydrogens (primary N) is 1. The van der Waals surface area contributed by atoms with Gasteiger partial charge in [0.2, 0.25) is 11.8 Å². The highest BCUT2D eigenvalue weighted by Gasteiger charge is 2.43. The van der Waals surface area contributed by atoms with E-state index in [2.05, 4.69) is 10.6 Å². The lowest BCUT2D eigenvalue weighted by Crippen LogP contribution is -2.59. The molecule has 2 unspecified atom stereocenters. The highest BCUT2D eigenvalue weighted by atomic mass is 35.5. The van der Waals surface area contributed by atoms with Gasteiger partial charge >= 0.3 is 6.09 Å². The smallest absolute Gasteiger partial charge is 0.408 e. The van der Waals surface area contributed by atoms with Gasteiger partial charge in [0, 0.05) is 5.54 Å². The number of para-hydroxylation sites is 1. The zero-order valence-electron chi connectivity index (χ0n) is 25.5. The third-order valence-corrected chi connectivity index (χ3v) is 7.00. The quantitative estimate of drug-likeness (QED) is 0.327. The second-order valence-corrected chi connectivity index (χ2v) is 12.4. The highest BCUT2D eigenvalue weighted by molar-refractivity contribution is 6.34. The molecule has 0 fully saturated rings. The second kappa shape index (κ2) is 13.4. The largest absolute Gasteiger partial charge is 0.444 e. The molecule has 0 saturated carbocycles. The van der Waals surface area contributed by atoms with E-state index in [0.29, 0.717) is 22.7 Å². The predicted molar refractivity (Wildman–Crippen MR) is 162 cm³/mol. The SMILES string of the molecule is CCC(C)(C)N(C(=O)C(CC(N)=O)NC(=O)OC(C)(C)C)C(C(=O)Nc1c(C)cccc1Cl)c1cc(C)cc(C)c1. The minimum atomic E-state index is -1.38. The molecule has 0 spiro atoms. The lowest BCUT2D eigenvalue weighted by atomic mass is 9.90. The zero-order chi connectivity index (χ0) is 31.3. The Bertz CT molecular complexity index is 1260. The molecule has 4 N–H and O–H groups in total. The van der Waals surface area contributed by atoms with Crippen LogP contribution in [0.3, 0.4) is 0 Å². The van der Waals surface area contributed by atoms with Gasteiger partial charge in [0.15, 0.2) is 0 Å². The predicted octanol–water partition coefficient (Wildman–Crippen LogP) is 5.73. The zero-order valence-corrected chi connectivity index (χ0v) is 26.2. The molecule has 4 amide bonds. The van der Waals surface area contributed by atoms with Crippen LogP contribution in [-0.2, 0) is 19.1 Å². The number of carbonyl (C=O) groups is 4. The summed E-state index contributed by atoms with van der Waals surface area (Å²) in [6.07, 6.45) is -0.918. The van der Waals surface area contributed by atoms with Gasteiger partial charge in [-0.25, -0.2) is 4.79 Å². The summed E-state index contributed by atoms with van der Waals surface area (Å²) in [6, 6.07) is 8.39. The van der Waals surface area contributed by atoms with E-state index in [1.54, 1.807) is 32.9 Å². The fraction of sp³-hybridized carbons (Fsp3) is 0.484. The minimum Gasteiger partial charge on any atom is -0.444 e. The van der Waals surface area contributed by atoms with E-state index >= 15 is 0 Å². The number of nitrogens with one attached hydrogen (secondary N) is 2. The standard InChI is InChI=1S/C31H43ClN4O5/c1-10-31(8,9)36(28(39)23(17-24(33)37)34-29(40)41-30(5,6)7)26(21-15-18(2)14-19(3)16-21)27(38)35-25-20(4)12-11-13-22(25)32/h11-16,23,26H,10,17H2,1-9H3,(H2,33,37)(H,34,40)(H,35,38). The van der Waals surface area contributed by atoms with Gasteiger partial charge in [-0.2, -0.15) is 0 Å². The summed E-state index contributed by atoms with van der Waals surface area (Å²) in [7, 11) is 0. The van der Waals surface area contributed by atoms with Gasteiger partial charge in [-0.15, -0.1) is 0 Å². The third kappa shape index (κ3) is 9.21. The number of alkyl carbamates (subject to hydrolysis) is 1. The molecule has 2 aromatic carbocycles. The van der Waals surface area contributed by atoms with E-state index in [4.69, 9.17) is 22.1 Å². The number of carbonyl (C=O) groups excluding carboxylic acids is 4. The number of hydrogen-bond acceptors (Lipinski definition) is 5. The summed E-state index contributed by atoms with van der Waals surface area (Å²) in [5.74, 6) is -1.96. The molecular weight excluding hydrogens is 544 g/mol. The van der Waals surface area contributed by atoms with E-state index in [1.807, 2.05) is 65.8 Å². The number of ether oxygens (including phenoxy) is 1. The van der Waals surface area contributed by atoms with Crippen molar-refractivity contribution in [3.63, 3.8) is 0 Å². The van der Waals surface area contributed by atoms with Crippen LogP contribution in [0.15, 0.2) is 36.4 Å². The first kappa shape index (κ1) is 33.6. The van der Waals surface area contributed by atoms with E-state index in [-0.39, 0.29) is 0 Å². The molecule has 41 heavy (non-hydrogen) atoms. The first-order chi connectivity index (χ1) is 18.9. The van der Waals surface area contributed by atoms with E-state index in [1.165, 1.54) is 4.90 Å². The molecular formula is C31H43ClN4O5. The Balaban J connectivity index is 2.74. The number of aryl methyl sites for hydroxylation is 3. The molecule has 0 aliphatic rings. The number of hydrogen-bond donors (Lipinski definition) is 3. The van der Waals surface area contributed by atoms with Crippen molar-refractivity contribution in [3.8, 4) is 0 Å². The van der Waals surface area contributed by atoms with Crippen molar-refractivity contribution < 1.29 is 23.9 Å². The normalized spacial score (nSPS) is 13.1. The fourth-order valence-electron chi connectivity index (χ4n) is 4.53. The van der Waals surface area contributed by atoms with Crippen molar-refractivity contribution in [1.29, 1.82) is 0 Å². The Morgan fingerprint density at radius 2 is 1.59 bits per heavy atom. The van der Waals surface area contributed by atoms with Crippen molar-refractivity contribution in [2.75, 3.05) is 5.32 Å².